The van der Waals surface area contributed by atoms with Crippen molar-refractivity contribution in [2.75, 3.05) is 19.4 Å². The molecular weight excluding hydrogens is 252 g/mol. The SMILES string of the molecule is CN(Cc1cccc(N)c1)C(=O)COc1ccccc1. The van der Waals surface area contributed by atoms with Crippen molar-refractivity contribution in [1.82, 2.24) is 4.90 Å². The normalized spacial score (nSPS) is 10.1. The smallest absolute Gasteiger partial charge is 0.260 e. The third kappa shape index (κ3) is 4.02. The lowest BCUT2D eigenvalue weighted by atomic mass is 10.2. The molecule has 0 radical (unpaired) electrons. The number of hydrogen-bond acceptors (Lipinski definition) is 3. The van der Waals surface area contributed by atoms with E-state index in [1.807, 2.05) is 54.6 Å². The third-order valence-corrected chi connectivity index (χ3v) is 2.90. The van der Waals surface area contributed by atoms with Crippen molar-refractivity contribution in [2.45, 2.75) is 6.54 Å². The van der Waals surface area contributed by atoms with E-state index >= 15 is 0 Å². The summed E-state index contributed by atoms with van der Waals surface area (Å²) in [5.74, 6) is 0.620. The highest BCUT2D eigenvalue weighted by Gasteiger charge is 2.10. The molecule has 0 spiro atoms. The second-order valence-electron chi connectivity index (χ2n) is 4.60. The predicted molar refractivity (Wildman–Crippen MR) is 79.3 cm³/mol. The molecule has 0 atom stereocenters. The van der Waals surface area contributed by atoms with Crippen LogP contribution in [0.25, 0.3) is 0 Å². The fraction of sp³-hybridized carbons (Fsp3) is 0.188. The number of likely N-dealkylation sites (N-methyl/N-ethyl adjacent to an activating group) is 1. The molecule has 0 aliphatic heterocycles. The number of nitrogen functional groups attached to an aromatic ring is 1. The summed E-state index contributed by atoms with van der Waals surface area (Å²) in [6.07, 6.45) is 0. The zero-order chi connectivity index (χ0) is 14.4. The Morgan fingerprint density at radius 2 is 1.90 bits per heavy atom. The molecule has 4 nitrogen and oxygen atoms in total. The van der Waals surface area contributed by atoms with Gasteiger partial charge in [-0.15, -0.1) is 0 Å². The number of hydrogen-bond donors (Lipinski definition) is 1. The summed E-state index contributed by atoms with van der Waals surface area (Å²) in [7, 11) is 1.75. The van der Waals surface area contributed by atoms with Crippen molar-refractivity contribution in [3.05, 3.63) is 60.2 Å². The van der Waals surface area contributed by atoms with Crippen LogP contribution in [-0.2, 0) is 11.3 Å². The Hall–Kier alpha value is -2.49. The summed E-state index contributed by atoms with van der Waals surface area (Å²) >= 11 is 0. The van der Waals surface area contributed by atoms with Crippen molar-refractivity contribution in [3.63, 3.8) is 0 Å². The highest BCUT2D eigenvalue weighted by atomic mass is 16.5. The Bertz CT molecular complexity index is 570. The molecular formula is C16H18N2O2. The Labute approximate surface area is 118 Å². The first-order valence-electron chi connectivity index (χ1n) is 6.41. The van der Waals surface area contributed by atoms with Crippen LogP contribution in [0.5, 0.6) is 5.75 Å². The van der Waals surface area contributed by atoms with Crippen LogP contribution in [0.1, 0.15) is 5.56 Å². The monoisotopic (exact) mass is 270 g/mol. The molecule has 2 aromatic rings. The summed E-state index contributed by atoms with van der Waals surface area (Å²) in [6.45, 7) is 0.546. The number of para-hydroxylation sites is 1. The summed E-state index contributed by atoms with van der Waals surface area (Å²) in [5, 5.41) is 0. The molecule has 1 amide bonds. The van der Waals surface area contributed by atoms with Crippen molar-refractivity contribution >= 4 is 11.6 Å². The molecule has 4 heteroatoms. The van der Waals surface area contributed by atoms with Gasteiger partial charge in [-0.05, 0) is 29.8 Å². The van der Waals surface area contributed by atoms with Crippen LogP contribution >= 0.6 is 0 Å². The molecule has 0 saturated heterocycles. The van der Waals surface area contributed by atoms with Crippen LogP contribution in [0.4, 0.5) is 5.69 Å². The first-order valence-corrected chi connectivity index (χ1v) is 6.41. The summed E-state index contributed by atoms with van der Waals surface area (Å²) < 4.78 is 5.43. The zero-order valence-electron chi connectivity index (χ0n) is 11.5. The Balaban J connectivity index is 1.86. The third-order valence-electron chi connectivity index (χ3n) is 2.90. The van der Waals surface area contributed by atoms with Gasteiger partial charge in [0.2, 0.25) is 0 Å². The minimum atomic E-state index is -0.0729. The maximum Gasteiger partial charge on any atom is 0.260 e. The minimum Gasteiger partial charge on any atom is -0.484 e. The highest BCUT2D eigenvalue weighted by molar-refractivity contribution is 5.77. The average molecular weight is 270 g/mol. The van der Waals surface area contributed by atoms with Gasteiger partial charge < -0.3 is 15.4 Å². The second kappa shape index (κ2) is 6.61. The van der Waals surface area contributed by atoms with Crippen LogP contribution in [0.2, 0.25) is 0 Å². The van der Waals surface area contributed by atoms with E-state index in [9.17, 15) is 4.79 Å². The fourth-order valence-electron chi connectivity index (χ4n) is 1.83. The topological polar surface area (TPSA) is 55.6 Å². The van der Waals surface area contributed by atoms with E-state index in [2.05, 4.69) is 0 Å². The first kappa shape index (κ1) is 13.9. The van der Waals surface area contributed by atoms with E-state index in [0.717, 1.165) is 5.56 Å². The summed E-state index contributed by atoms with van der Waals surface area (Å²) in [6, 6.07) is 16.8. The van der Waals surface area contributed by atoms with E-state index in [4.69, 9.17) is 10.5 Å². The Morgan fingerprint density at radius 3 is 2.60 bits per heavy atom. The molecule has 0 bridgehead atoms. The molecule has 104 valence electrons. The quantitative estimate of drug-likeness (QED) is 0.848. The van der Waals surface area contributed by atoms with Gasteiger partial charge in [0.05, 0.1) is 0 Å². The molecule has 2 rings (SSSR count). The van der Waals surface area contributed by atoms with Crippen molar-refractivity contribution in [2.24, 2.45) is 0 Å². The molecule has 2 N–H and O–H groups in total. The number of benzene rings is 2. The lowest BCUT2D eigenvalue weighted by molar-refractivity contribution is -0.132. The van der Waals surface area contributed by atoms with Gasteiger partial charge in [-0.2, -0.15) is 0 Å². The maximum absolute atomic E-state index is 12.0. The van der Waals surface area contributed by atoms with Gasteiger partial charge >= 0.3 is 0 Å². The van der Waals surface area contributed by atoms with Crippen LogP contribution in [0, 0.1) is 0 Å². The van der Waals surface area contributed by atoms with Crippen molar-refractivity contribution in [3.8, 4) is 5.75 Å². The minimum absolute atomic E-state index is 0.0306. The molecule has 0 heterocycles. The Kier molecular flexibility index (Phi) is 4.60. The van der Waals surface area contributed by atoms with Crippen LogP contribution in [-0.4, -0.2) is 24.5 Å². The molecule has 0 unspecified atom stereocenters. The van der Waals surface area contributed by atoms with Gasteiger partial charge in [-0.3, -0.25) is 4.79 Å². The van der Waals surface area contributed by atoms with Gasteiger partial charge in [-0.1, -0.05) is 30.3 Å². The predicted octanol–water partition coefficient (Wildman–Crippen LogP) is 2.31. The standard InChI is InChI=1S/C16H18N2O2/c1-18(11-13-6-5-7-14(17)10-13)16(19)12-20-15-8-3-2-4-9-15/h2-10H,11-12,17H2,1H3. The molecule has 0 fully saturated rings. The lowest BCUT2D eigenvalue weighted by Gasteiger charge is -2.17. The van der Waals surface area contributed by atoms with E-state index in [-0.39, 0.29) is 12.5 Å². The van der Waals surface area contributed by atoms with Gasteiger partial charge in [0, 0.05) is 19.3 Å². The number of ether oxygens (including phenoxy) is 1. The zero-order valence-corrected chi connectivity index (χ0v) is 11.5. The number of nitrogens with zero attached hydrogens (tertiary/aromatic N) is 1. The number of anilines is 1. The van der Waals surface area contributed by atoms with E-state index in [1.165, 1.54) is 0 Å². The van der Waals surface area contributed by atoms with E-state index in [1.54, 1.807) is 11.9 Å². The number of nitrogens with two attached hydrogens (primary N) is 1. The molecule has 0 aliphatic rings. The highest BCUT2D eigenvalue weighted by Crippen LogP contribution is 2.10. The van der Waals surface area contributed by atoms with Gasteiger partial charge in [0.15, 0.2) is 6.61 Å². The molecule has 0 aliphatic carbocycles. The van der Waals surface area contributed by atoms with Crippen LogP contribution in [0.3, 0.4) is 0 Å². The van der Waals surface area contributed by atoms with E-state index < -0.39 is 0 Å². The number of carbonyl (C=O) groups is 1. The van der Waals surface area contributed by atoms with Crippen LogP contribution < -0.4 is 10.5 Å². The van der Waals surface area contributed by atoms with Gasteiger partial charge in [0.1, 0.15) is 5.75 Å². The largest absolute Gasteiger partial charge is 0.484 e. The first-order chi connectivity index (χ1) is 9.65. The maximum atomic E-state index is 12.0. The van der Waals surface area contributed by atoms with Gasteiger partial charge in [0.25, 0.3) is 5.91 Å². The van der Waals surface area contributed by atoms with Gasteiger partial charge in [-0.25, -0.2) is 0 Å². The summed E-state index contributed by atoms with van der Waals surface area (Å²) in [5.41, 5.74) is 7.42. The molecule has 0 aromatic heterocycles. The average Bonchev–Trinajstić information content (AvgIpc) is 2.46. The molecule has 20 heavy (non-hydrogen) atoms. The fourth-order valence-corrected chi connectivity index (χ4v) is 1.83. The second-order valence-corrected chi connectivity index (χ2v) is 4.60. The number of carbonyl (C=O) groups excluding carboxylic acids is 1. The number of amides is 1. The molecule has 0 saturated carbocycles. The number of rotatable bonds is 5. The lowest BCUT2D eigenvalue weighted by Crippen LogP contribution is -2.30. The van der Waals surface area contributed by atoms with Crippen LogP contribution in [0.15, 0.2) is 54.6 Å². The Morgan fingerprint density at radius 1 is 1.15 bits per heavy atom. The van der Waals surface area contributed by atoms with Crippen molar-refractivity contribution in [1.29, 1.82) is 0 Å². The van der Waals surface area contributed by atoms with E-state index in [0.29, 0.717) is 18.0 Å². The summed E-state index contributed by atoms with van der Waals surface area (Å²) in [4.78, 5) is 13.6. The molecule has 2 aromatic carbocycles. The van der Waals surface area contributed by atoms with Crippen molar-refractivity contribution < 1.29 is 9.53 Å².